The number of alkyl halides is 3. The summed E-state index contributed by atoms with van der Waals surface area (Å²) >= 11 is 0. The summed E-state index contributed by atoms with van der Waals surface area (Å²) in [5.41, 5.74) is -5.53. The Morgan fingerprint density at radius 2 is 1.90 bits per heavy atom. The van der Waals surface area contributed by atoms with Gasteiger partial charge in [-0.05, 0) is 12.5 Å². The average Bonchev–Trinajstić information content (AvgIpc) is 2.38. The van der Waals surface area contributed by atoms with E-state index in [2.05, 4.69) is 4.18 Å². The fourth-order valence-electron chi connectivity index (χ4n) is 1.39. The zero-order valence-corrected chi connectivity index (χ0v) is 12.0. The van der Waals surface area contributed by atoms with Gasteiger partial charge in [0.25, 0.3) is 0 Å². The number of hydrogen-bond acceptors (Lipinski definition) is 4. The largest absolute Gasteiger partial charge is 0.534 e. The van der Waals surface area contributed by atoms with Gasteiger partial charge in [0, 0.05) is 5.56 Å². The average molecular weight is 327 g/mol. The Kier molecular flexibility index (Phi) is 5.85. The van der Waals surface area contributed by atoms with Gasteiger partial charge in [-0.25, -0.2) is 5.11 Å². The molecule has 1 radical (unpaired) electrons. The van der Waals surface area contributed by atoms with Crippen LogP contribution in [0.3, 0.4) is 0 Å². The third-order valence-corrected chi connectivity index (χ3v) is 3.41. The van der Waals surface area contributed by atoms with Crippen molar-refractivity contribution >= 4 is 10.1 Å². The zero-order chi connectivity index (χ0) is 16.1. The number of rotatable bonds is 7. The molecule has 0 spiro atoms. The van der Waals surface area contributed by atoms with Gasteiger partial charge in [0.1, 0.15) is 6.61 Å². The van der Waals surface area contributed by atoms with Crippen molar-refractivity contribution < 1.29 is 35.6 Å². The minimum Gasteiger partial charge on any atom is -0.489 e. The van der Waals surface area contributed by atoms with Crippen LogP contribution < -0.4 is 8.92 Å². The smallest absolute Gasteiger partial charge is 0.489 e. The van der Waals surface area contributed by atoms with Crippen LogP contribution in [-0.2, 0) is 21.8 Å². The topological polar surface area (TPSA) is 72.5 Å². The fraction of sp³-hybridized carbons (Fsp3) is 0.500. The highest BCUT2D eigenvalue weighted by molar-refractivity contribution is 7.88. The van der Waals surface area contributed by atoms with E-state index in [1.807, 2.05) is 6.92 Å². The maximum atomic E-state index is 12.3. The molecule has 0 heterocycles. The van der Waals surface area contributed by atoms with Crippen LogP contribution in [-0.4, -0.2) is 20.5 Å². The summed E-state index contributed by atoms with van der Waals surface area (Å²) in [6, 6.07) is 3.56. The lowest BCUT2D eigenvalue weighted by atomic mass is 10.2. The van der Waals surface area contributed by atoms with Crippen molar-refractivity contribution in [3.05, 3.63) is 23.8 Å². The normalized spacial score (nSPS) is 12.2. The van der Waals surface area contributed by atoms with Gasteiger partial charge in [-0.15, -0.1) is 0 Å². The summed E-state index contributed by atoms with van der Waals surface area (Å²) in [6.07, 6.45) is 1.36. The van der Waals surface area contributed by atoms with Crippen LogP contribution in [0.1, 0.15) is 25.3 Å². The second-order valence-corrected chi connectivity index (χ2v) is 5.61. The molecule has 1 rings (SSSR count). The maximum Gasteiger partial charge on any atom is 0.534 e. The van der Waals surface area contributed by atoms with Gasteiger partial charge < -0.3 is 8.92 Å². The highest BCUT2D eigenvalue weighted by Crippen LogP contribution is 2.35. The van der Waals surface area contributed by atoms with Crippen LogP contribution in [0, 0.1) is 0 Å². The maximum absolute atomic E-state index is 12.3. The molecule has 0 fully saturated rings. The minimum absolute atomic E-state index is 0.0287. The van der Waals surface area contributed by atoms with E-state index >= 15 is 0 Å². The van der Waals surface area contributed by atoms with Crippen molar-refractivity contribution in [1.29, 1.82) is 0 Å². The highest BCUT2D eigenvalue weighted by atomic mass is 32.2. The first-order valence-electron chi connectivity index (χ1n) is 6.06. The lowest BCUT2D eigenvalue weighted by Crippen LogP contribution is -2.28. The van der Waals surface area contributed by atoms with E-state index in [0.717, 1.165) is 12.5 Å². The summed E-state index contributed by atoms with van der Waals surface area (Å²) in [7, 11) is -5.81. The molecule has 1 aromatic rings. The number of halogens is 3. The summed E-state index contributed by atoms with van der Waals surface area (Å²) in [6.45, 7) is 1.23. The molecule has 9 heteroatoms. The molecule has 5 nitrogen and oxygen atoms in total. The Morgan fingerprint density at radius 1 is 1.24 bits per heavy atom. The molecule has 0 aromatic heterocycles. The highest BCUT2D eigenvalue weighted by Gasteiger charge is 2.49. The van der Waals surface area contributed by atoms with Gasteiger partial charge in [-0.1, -0.05) is 25.5 Å². The standard InChI is InChI=1S/C12H14F3O5S/c1-2-3-7-19-11-9(8-16)5-4-6-10(11)20-21(17,18)12(13,14)15/h4-6H,2-3,7-8H2,1H3. The predicted octanol–water partition coefficient (Wildman–Crippen LogP) is 3.02. The van der Waals surface area contributed by atoms with Gasteiger partial charge in [0.05, 0.1) is 6.61 Å². The van der Waals surface area contributed by atoms with Crippen LogP contribution >= 0.6 is 0 Å². The van der Waals surface area contributed by atoms with Crippen LogP contribution in [0.15, 0.2) is 18.2 Å². The zero-order valence-electron chi connectivity index (χ0n) is 11.1. The van der Waals surface area contributed by atoms with Crippen molar-refractivity contribution in [3.8, 4) is 11.5 Å². The molecule has 0 saturated carbocycles. The number of benzene rings is 1. The molecule has 0 atom stereocenters. The molecule has 1 aromatic carbocycles. The Bertz CT molecular complexity index is 569. The third-order valence-electron chi connectivity index (χ3n) is 2.44. The monoisotopic (exact) mass is 327 g/mol. The summed E-state index contributed by atoms with van der Waals surface area (Å²) in [4.78, 5) is 0. The van der Waals surface area contributed by atoms with Crippen molar-refractivity contribution in [2.45, 2.75) is 31.9 Å². The Labute approximate surface area is 120 Å². The first-order chi connectivity index (χ1) is 9.73. The molecule has 0 aliphatic heterocycles. The Morgan fingerprint density at radius 3 is 2.43 bits per heavy atom. The number of unbranched alkanes of at least 4 members (excludes halogenated alkanes) is 1. The second-order valence-electron chi connectivity index (χ2n) is 4.07. The summed E-state index contributed by atoms with van der Waals surface area (Å²) in [5.74, 6) is -0.912. The van der Waals surface area contributed by atoms with E-state index in [1.165, 1.54) is 12.1 Å². The number of hydrogen-bond donors (Lipinski definition) is 0. The SMILES string of the molecule is CCCCOc1c(C[O])cccc1OS(=O)(=O)C(F)(F)F. The van der Waals surface area contributed by atoms with Crippen LogP contribution in [0.2, 0.25) is 0 Å². The van der Waals surface area contributed by atoms with Gasteiger partial charge in [0.15, 0.2) is 11.5 Å². The molecule has 0 aliphatic rings. The van der Waals surface area contributed by atoms with Crippen molar-refractivity contribution in [2.24, 2.45) is 0 Å². The molecule has 0 amide bonds. The third kappa shape index (κ3) is 4.50. The van der Waals surface area contributed by atoms with Gasteiger partial charge in [-0.3, -0.25) is 0 Å². The molecule has 0 aliphatic carbocycles. The van der Waals surface area contributed by atoms with Gasteiger partial charge in [0.2, 0.25) is 0 Å². The molecule has 119 valence electrons. The van der Waals surface area contributed by atoms with Crippen LogP contribution in [0.5, 0.6) is 11.5 Å². The first kappa shape index (κ1) is 17.6. The van der Waals surface area contributed by atoms with Crippen LogP contribution in [0.25, 0.3) is 0 Å². The molecular formula is C12H14F3O5S. The lowest BCUT2D eigenvalue weighted by molar-refractivity contribution is -0.0500. The van der Waals surface area contributed by atoms with Gasteiger partial charge in [-0.2, -0.15) is 21.6 Å². The molecule has 0 bridgehead atoms. The fourth-order valence-corrected chi connectivity index (χ4v) is 1.85. The Balaban J connectivity index is 3.12. The van der Waals surface area contributed by atoms with E-state index in [0.29, 0.717) is 6.42 Å². The van der Waals surface area contributed by atoms with Crippen molar-refractivity contribution in [1.82, 2.24) is 0 Å². The molecule has 0 N–H and O–H groups in total. The first-order valence-corrected chi connectivity index (χ1v) is 7.47. The van der Waals surface area contributed by atoms with E-state index in [4.69, 9.17) is 4.74 Å². The van der Waals surface area contributed by atoms with E-state index in [9.17, 15) is 26.7 Å². The van der Waals surface area contributed by atoms with E-state index in [1.54, 1.807) is 0 Å². The molecule has 0 unspecified atom stereocenters. The lowest BCUT2D eigenvalue weighted by Gasteiger charge is -2.15. The molecule has 0 saturated heterocycles. The number of ether oxygens (including phenoxy) is 1. The minimum atomic E-state index is -5.81. The summed E-state index contributed by atoms with van der Waals surface area (Å²) < 4.78 is 68.3. The number of para-hydroxylation sites is 1. The molecular weight excluding hydrogens is 313 g/mol. The Hall–Kier alpha value is -1.48. The van der Waals surface area contributed by atoms with Crippen LogP contribution in [0.4, 0.5) is 13.2 Å². The van der Waals surface area contributed by atoms with E-state index in [-0.39, 0.29) is 17.9 Å². The molecule has 21 heavy (non-hydrogen) atoms. The van der Waals surface area contributed by atoms with Crippen molar-refractivity contribution in [3.63, 3.8) is 0 Å². The van der Waals surface area contributed by atoms with Crippen molar-refractivity contribution in [2.75, 3.05) is 6.61 Å². The second kappa shape index (κ2) is 6.99. The van der Waals surface area contributed by atoms with E-state index < -0.39 is 28.0 Å². The quantitative estimate of drug-likeness (QED) is 0.438. The predicted molar refractivity (Wildman–Crippen MR) is 66.8 cm³/mol. The summed E-state index contributed by atoms with van der Waals surface area (Å²) in [5, 5.41) is 11.0. The van der Waals surface area contributed by atoms with Gasteiger partial charge >= 0.3 is 15.6 Å².